The van der Waals surface area contributed by atoms with E-state index in [0.29, 0.717) is 137 Å². The monoisotopic (exact) mass is 1740 g/mol. The highest BCUT2D eigenvalue weighted by molar-refractivity contribution is 6.06. The molecule has 0 radical (unpaired) electrons. The summed E-state index contributed by atoms with van der Waals surface area (Å²) in [5.41, 5.74) is 27.5. The lowest BCUT2D eigenvalue weighted by Gasteiger charge is -2.14. The Balaban J connectivity index is 0.741. The maximum absolute atomic E-state index is 6.81. The molecule has 6 aromatic heterocycles. The molecule has 648 valence electrons. The van der Waals surface area contributed by atoms with Gasteiger partial charge in [0.1, 0.15) is 95.4 Å². The van der Waals surface area contributed by atoms with Crippen LogP contribution in [0.2, 0.25) is 0 Å². The van der Waals surface area contributed by atoms with Gasteiger partial charge in [0.15, 0.2) is 0 Å². The molecular weight excluding hydrogens is 1650 g/mol. The number of aromatic amines is 4. The van der Waals surface area contributed by atoms with Crippen molar-refractivity contribution in [2.45, 2.75) is 26.4 Å². The van der Waals surface area contributed by atoms with E-state index in [0.717, 1.165) is 133 Å². The second kappa shape index (κ2) is 35.3. The van der Waals surface area contributed by atoms with Crippen LogP contribution in [0.25, 0.3) is 182 Å². The molecule has 132 heavy (non-hydrogen) atoms. The number of nitrogens with one attached hydrogen (secondary N) is 4. The van der Waals surface area contributed by atoms with Gasteiger partial charge in [0.05, 0.1) is 125 Å². The van der Waals surface area contributed by atoms with E-state index in [4.69, 9.17) is 76.8 Å². The van der Waals surface area contributed by atoms with Gasteiger partial charge in [-0.3, -0.25) is 0 Å². The first kappa shape index (κ1) is 82.0. The highest BCUT2D eigenvalue weighted by Gasteiger charge is 2.29. The summed E-state index contributed by atoms with van der Waals surface area (Å²) in [5, 5.41) is 0. The first-order chi connectivity index (χ1) is 65.0. The van der Waals surface area contributed by atoms with E-state index < -0.39 is 0 Å². The molecule has 0 atom stereocenters. The molecule has 28 rings (SSSR count). The smallest absolute Gasteiger partial charge is 0.130 e. The molecule has 0 saturated heterocycles. The van der Waals surface area contributed by atoms with Crippen molar-refractivity contribution in [2.24, 2.45) is 0 Å². The van der Waals surface area contributed by atoms with E-state index in [-0.39, 0.29) is 26.4 Å². The van der Waals surface area contributed by atoms with Gasteiger partial charge in [-0.05, 0) is 239 Å². The quantitative estimate of drug-likeness (QED) is 0.0892. The SMILES string of the molecule is COc1cccc(OC)c1-c1c2nc(c3c4ccc([nH]4)c(-c4c(OC)cccc4OC)c4nc(c(c5ccc1[nH]5)-c1cccc(c1)OCc1ccc(cc1)COc1cccc(c1)-c1c5nc(c(-c6c(OC)cccc6OC)c6ccc([nH]6)c(c6nc(c(-c7c(OC)cccc7OC)c7ccc1[nH]7)C=C6)-c1cccc(c1)OCc1ccc(cc1)COc1cccc-3c1)C=C5)C=C4)C=C2. The van der Waals surface area contributed by atoms with E-state index >= 15 is 0 Å². The molecule has 0 saturated carbocycles. The zero-order valence-corrected chi connectivity index (χ0v) is 73.5. The van der Waals surface area contributed by atoms with E-state index in [2.05, 4.69) is 190 Å². The highest BCUT2D eigenvalue weighted by Crippen LogP contribution is 2.51. The van der Waals surface area contributed by atoms with Gasteiger partial charge in [0.2, 0.25) is 0 Å². The summed E-state index contributed by atoms with van der Waals surface area (Å²) in [6, 6.07) is 88.9. The van der Waals surface area contributed by atoms with Crippen LogP contribution in [0.5, 0.6) is 69.0 Å². The van der Waals surface area contributed by atoms with Crippen LogP contribution in [0.1, 0.15) is 67.8 Å². The van der Waals surface area contributed by atoms with Gasteiger partial charge in [-0.25, -0.2) is 19.9 Å². The van der Waals surface area contributed by atoms with Crippen LogP contribution < -0.4 is 56.8 Å². The minimum atomic E-state index is 0.264. The Morgan fingerprint density at radius 3 is 0.538 bits per heavy atom. The van der Waals surface area contributed by atoms with Crippen molar-refractivity contribution in [1.29, 1.82) is 0 Å². The average Bonchev–Trinajstić information content (AvgIpc) is 1.59. The second-order valence-corrected chi connectivity index (χ2v) is 32.1. The average molecular weight is 1740 g/mol. The third-order valence-electron chi connectivity index (χ3n) is 24.4. The topological polar surface area (TPSA) is 225 Å². The minimum Gasteiger partial charge on any atom is -0.496 e. The van der Waals surface area contributed by atoms with Crippen molar-refractivity contribution in [2.75, 3.05) is 56.9 Å². The lowest BCUT2D eigenvalue weighted by Crippen LogP contribution is -1.99. The number of ether oxygens (including phenoxy) is 12. The molecule has 18 heterocycles. The van der Waals surface area contributed by atoms with Crippen molar-refractivity contribution in [3.05, 3.63) is 335 Å². The number of aromatic nitrogens is 8. The molecule has 0 amide bonds. The molecular formula is C112H88N8O12. The van der Waals surface area contributed by atoms with Crippen molar-refractivity contribution in [3.63, 3.8) is 0 Å². The zero-order valence-electron chi connectivity index (χ0n) is 73.5. The highest BCUT2D eigenvalue weighted by atomic mass is 16.5. The Hall–Kier alpha value is -17.0. The number of methoxy groups -OCH3 is 8. The Labute approximate surface area is 761 Å². The third-order valence-corrected chi connectivity index (χ3v) is 24.4. The molecule has 0 aliphatic carbocycles. The van der Waals surface area contributed by atoms with Gasteiger partial charge in [0, 0.05) is 88.6 Å². The van der Waals surface area contributed by atoms with Gasteiger partial charge in [-0.2, -0.15) is 0 Å². The number of hydrogen-bond donors (Lipinski definition) is 4. The minimum absolute atomic E-state index is 0.264. The molecule has 20 heteroatoms. The summed E-state index contributed by atoms with van der Waals surface area (Å²) in [5.74, 6) is 7.31. The van der Waals surface area contributed by atoms with Crippen LogP contribution in [-0.2, 0) is 26.4 Å². The number of nitrogens with zero attached hydrogens (tertiary/aromatic N) is 4. The number of fused-ring (bicyclic) bond motifs is 4. The number of H-pyrrole nitrogens is 4. The lowest BCUT2D eigenvalue weighted by atomic mass is 10.0. The second-order valence-electron chi connectivity index (χ2n) is 32.1. The van der Waals surface area contributed by atoms with Crippen molar-refractivity contribution in [3.8, 4) is 158 Å². The normalized spacial score (nSPS) is 12.5. The van der Waals surface area contributed by atoms with Crippen LogP contribution in [-0.4, -0.2) is 96.8 Å². The van der Waals surface area contributed by atoms with Crippen molar-refractivity contribution < 1.29 is 56.8 Å². The van der Waals surface area contributed by atoms with Gasteiger partial charge >= 0.3 is 0 Å². The molecule has 0 fully saturated rings. The van der Waals surface area contributed by atoms with Gasteiger partial charge in [-0.15, -0.1) is 0 Å². The molecule has 4 N–H and O–H groups in total. The standard InChI is InChI=1S/C112H88N8O12/c1-121-93-25-13-26-94(122-2)109(93)105-85-49-41-77(113-85)101-69-17-9-21-73(57-69)129-61-65-33-37-67(38-34-65)63-131-75-23-11-19-71(59-75)103-81-45-53-89(117-81)107(111-97(125-5)29-15-30-98(111)126-6)90-54-46-82(118-90)104(84-48-56-92(120-84)108(91-55-47-83(103)119-91)112-99(127-7)31-16-32-100(112)128-8)72-20-12-24-76(60-72)132-64-68-39-35-66(36-40-68)62-130-74-22-10-18-70(58-74)102(78-42-50-86(105)114-78)80-44-52-88(116-80)106(87-51-43-79(101)115-87)110-95(123-3)27-14-28-96(110)124-4/h9-60,113,116-117,120H,61-64H2,1-8H3. The number of benzene rings is 10. The third kappa shape index (κ3) is 15.4. The van der Waals surface area contributed by atoms with Crippen LogP contribution in [0.4, 0.5) is 0 Å². The fourth-order valence-corrected chi connectivity index (χ4v) is 18.2. The summed E-state index contributed by atoms with van der Waals surface area (Å²) in [6.45, 7) is 1.06. The molecule has 20 nitrogen and oxygen atoms in total. The van der Waals surface area contributed by atoms with E-state index in [1.807, 2.05) is 146 Å². The van der Waals surface area contributed by atoms with Gasteiger partial charge < -0.3 is 76.8 Å². The first-order valence-corrected chi connectivity index (χ1v) is 43.3. The summed E-state index contributed by atoms with van der Waals surface area (Å²) in [4.78, 5) is 38.3. The molecule has 0 unspecified atom stereocenters. The maximum atomic E-state index is 6.81. The van der Waals surface area contributed by atoms with Crippen molar-refractivity contribution in [1.82, 2.24) is 39.9 Å². The fraction of sp³-hybridized carbons (Fsp3) is 0.107. The van der Waals surface area contributed by atoms with Gasteiger partial charge in [0.25, 0.3) is 0 Å². The first-order valence-electron chi connectivity index (χ1n) is 43.3. The predicted octanol–water partition coefficient (Wildman–Crippen LogP) is 25.7. The zero-order chi connectivity index (χ0) is 89.5. The summed E-state index contributed by atoms with van der Waals surface area (Å²) in [6.07, 6.45) is 16.4. The van der Waals surface area contributed by atoms with E-state index in [1.165, 1.54) is 0 Å². The molecule has 32 bridgehead atoms. The summed E-state index contributed by atoms with van der Waals surface area (Å²) < 4.78 is 77.2. The fourth-order valence-electron chi connectivity index (χ4n) is 18.2. The van der Waals surface area contributed by atoms with Crippen LogP contribution >= 0.6 is 0 Å². The van der Waals surface area contributed by atoms with Crippen LogP contribution in [0.15, 0.2) is 267 Å². The van der Waals surface area contributed by atoms with E-state index in [9.17, 15) is 0 Å². The van der Waals surface area contributed by atoms with Crippen LogP contribution in [0.3, 0.4) is 0 Å². The molecule has 0 spiro atoms. The number of hydrogen-bond acceptors (Lipinski definition) is 16. The Kier molecular flexibility index (Phi) is 21.9. The Morgan fingerprint density at radius 2 is 0.356 bits per heavy atom. The summed E-state index contributed by atoms with van der Waals surface area (Å²) >= 11 is 0. The largest absolute Gasteiger partial charge is 0.496 e. The molecule has 10 aromatic carbocycles. The van der Waals surface area contributed by atoms with E-state index in [1.54, 1.807) is 56.9 Å². The molecule has 16 aromatic rings. The number of rotatable bonds is 12. The maximum Gasteiger partial charge on any atom is 0.130 e. The van der Waals surface area contributed by atoms with Crippen molar-refractivity contribution >= 4 is 92.7 Å². The summed E-state index contributed by atoms with van der Waals surface area (Å²) in [7, 11) is 13.3. The Bertz CT molecular complexity index is 6790. The predicted molar refractivity (Wildman–Crippen MR) is 524 cm³/mol. The van der Waals surface area contributed by atoms with Crippen LogP contribution in [0, 0.1) is 0 Å². The molecule has 12 aliphatic heterocycles. The van der Waals surface area contributed by atoms with Gasteiger partial charge in [-0.1, -0.05) is 121 Å². The molecule has 12 aliphatic rings. The lowest BCUT2D eigenvalue weighted by molar-refractivity contribution is 0.303. The Morgan fingerprint density at radius 1 is 0.189 bits per heavy atom.